The Morgan fingerprint density at radius 1 is 1.35 bits per heavy atom. The van der Waals surface area contributed by atoms with E-state index in [-0.39, 0.29) is 5.41 Å². The van der Waals surface area contributed by atoms with Gasteiger partial charge < -0.3 is 10.5 Å². The number of rotatable bonds is 4. The second kappa shape index (κ2) is 4.65. The number of aryl methyl sites for hydroxylation is 2. The van der Waals surface area contributed by atoms with E-state index in [4.69, 9.17) is 22.7 Å². The molecule has 0 amide bonds. The molecule has 1 aromatic carbocycles. The minimum Gasteiger partial charge on any atom is -0.493 e. The van der Waals surface area contributed by atoms with E-state index in [2.05, 4.69) is 12.1 Å². The minimum absolute atomic E-state index is 0.256. The highest BCUT2D eigenvalue weighted by Gasteiger charge is 2.22. The van der Waals surface area contributed by atoms with Gasteiger partial charge in [-0.05, 0) is 42.5 Å². The molecule has 0 heterocycles. The van der Waals surface area contributed by atoms with Crippen molar-refractivity contribution in [3.05, 3.63) is 29.3 Å². The summed E-state index contributed by atoms with van der Waals surface area (Å²) in [5, 5.41) is 0. The molecule has 0 atom stereocenters. The van der Waals surface area contributed by atoms with E-state index >= 15 is 0 Å². The maximum Gasteiger partial charge on any atom is 0.119 e. The maximum atomic E-state index is 5.79. The molecule has 0 spiro atoms. The van der Waals surface area contributed by atoms with Gasteiger partial charge in [0, 0.05) is 5.41 Å². The first kappa shape index (κ1) is 12.4. The molecule has 0 fully saturated rings. The number of ether oxygens (including phenoxy) is 1. The fourth-order valence-corrected chi connectivity index (χ4v) is 2.03. The molecule has 2 nitrogen and oxygen atoms in total. The molecular formula is C14H19NOS. The lowest BCUT2D eigenvalue weighted by Gasteiger charge is -2.23. The minimum atomic E-state index is -0.256. The van der Waals surface area contributed by atoms with E-state index in [0.29, 0.717) is 11.6 Å². The Labute approximate surface area is 108 Å². The zero-order chi connectivity index (χ0) is 12.5. The lowest BCUT2D eigenvalue weighted by atomic mass is 9.95. The number of nitrogens with two attached hydrogens (primary N) is 1. The molecule has 1 aliphatic rings. The van der Waals surface area contributed by atoms with Crippen molar-refractivity contribution in [1.82, 2.24) is 0 Å². The highest BCUT2D eigenvalue weighted by atomic mass is 32.1. The van der Waals surface area contributed by atoms with E-state index < -0.39 is 0 Å². The van der Waals surface area contributed by atoms with Gasteiger partial charge in [0.05, 0.1) is 11.6 Å². The summed E-state index contributed by atoms with van der Waals surface area (Å²) in [6.45, 7) is 4.53. The molecule has 1 aromatic rings. The lowest BCUT2D eigenvalue weighted by Crippen LogP contribution is -2.35. The Balaban J connectivity index is 2.03. The number of benzene rings is 1. The third-order valence-corrected chi connectivity index (χ3v) is 3.89. The van der Waals surface area contributed by atoms with Crippen LogP contribution in [0, 0.1) is 5.41 Å². The van der Waals surface area contributed by atoms with Crippen molar-refractivity contribution in [3.8, 4) is 5.75 Å². The SMILES string of the molecule is CC(C)(COc1ccc2c(c1)CCC2)C(N)=S. The zero-order valence-electron chi connectivity index (χ0n) is 10.5. The first-order valence-corrected chi connectivity index (χ1v) is 6.44. The Kier molecular flexibility index (Phi) is 3.38. The van der Waals surface area contributed by atoms with E-state index in [1.54, 1.807) is 0 Å². The average Bonchev–Trinajstić information content (AvgIpc) is 2.73. The van der Waals surface area contributed by atoms with Gasteiger partial charge in [0.1, 0.15) is 5.75 Å². The molecular weight excluding hydrogens is 230 g/mol. The van der Waals surface area contributed by atoms with Crippen LogP contribution in [0.25, 0.3) is 0 Å². The smallest absolute Gasteiger partial charge is 0.119 e. The highest BCUT2D eigenvalue weighted by Crippen LogP contribution is 2.27. The van der Waals surface area contributed by atoms with E-state index in [1.807, 2.05) is 19.9 Å². The fourth-order valence-electron chi connectivity index (χ4n) is 1.97. The van der Waals surface area contributed by atoms with Crippen LogP contribution in [0.4, 0.5) is 0 Å². The molecule has 2 rings (SSSR count). The van der Waals surface area contributed by atoms with Crippen molar-refractivity contribution < 1.29 is 4.74 Å². The summed E-state index contributed by atoms with van der Waals surface area (Å²) >= 11 is 5.02. The van der Waals surface area contributed by atoms with Crippen molar-refractivity contribution in [3.63, 3.8) is 0 Å². The van der Waals surface area contributed by atoms with Crippen LogP contribution in [0.5, 0.6) is 5.75 Å². The second-order valence-corrected chi connectivity index (χ2v) is 5.76. The summed E-state index contributed by atoms with van der Waals surface area (Å²) in [6, 6.07) is 6.36. The number of fused-ring (bicyclic) bond motifs is 1. The van der Waals surface area contributed by atoms with Crippen LogP contribution in [-0.4, -0.2) is 11.6 Å². The lowest BCUT2D eigenvalue weighted by molar-refractivity contribution is 0.236. The molecule has 92 valence electrons. The monoisotopic (exact) mass is 249 g/mol. The Bertz CT molecular complexity index is 440. The van der Waals surface area contributed by atoms with Crippen LogP contribution in [0.15, 0.2) is 18.2 Å². The highest BCUT2D eigenvalue weighted by molar-refractivity contribution is 7.80. The van der Waals surface area contributed by atoms with Gasteiger partial charge in [0.2, 0.25) is 0 Å². The predicted molar refractivity (Wildman–Crippen MR) is 74.5 cm³/mol. The van der Waals surface area contributed by atoms with Crippen LogP contribution in [0.3, 0.4) is 0 Å². The summed E-state index contributed by atoms with van der Waals surface area (Å²) in [7, 11) is 0. The molecule has 2 N–H and O–H groups in total. The van der Waals surface area contributed by atoms with Crippen LogP contribution in [-0.2, 0) is 12.8 Å². The molecule has 0 saturated heterocycles. The standard InChI is InChI=1S/C14H19NOS/c1-14(2,13(15)17)9-16-12-7-6-10-4-3-5-11(10)8-12/h6-8H,3-5,9H2,1-2H3,(H2,15,17). The third kappa shape index (κ3) is 2.78. The average molecular weight is 249 g/mol. The number of hydrogen-bond donors (Lipinski definition) is 1. The summed E-state index contributed by atoms with van der Waals surface area (Å²) < 4.78 is 5.79. The van der Waals surface area contributed by atoms with Crippen LogP contribution in [0.2, 0.25) is 0 Å². The second-order valence-electron chi connectivity index (χ2n) is 5.32. The van der Waals surface area contributed by atoms with Crippen LogP contribution in [0.1, 0.15) is 31.4 Å². The predicted octanol–water partition coefficient (Wildman–Crippen LogP) is 2.87. The van der Waals surface area contributed by atoms with Crippen LogP contribution >= 0.6 is 12.2 Å². The van der Waals surface area contributed by atoms with Gasteiger partial charge in [0.25, 0.3) is 0 Å². The number of thiocarbonyl (C=S) groups is 1. The van der Waals surface area contributed by atoms with Crippen molar-refractivity contribution in [2.24, 2.45) is 11.1 Å². The Morgan fingerprint density at radius 2 is 2.06 bits per heavy atom. The molecule has 0 aliphatic heterocycles. The normalized spacial score (nSPS) is 14.5. The maximum absolute atomic E-state index is 5.79. The van der Waals surface area contributed by atoms with E-state index in [0.717, 1.165) is 5.75 Å². The van der Waals surface area contributed by atoms with Gasteiger partial charge in [-0.2, -0.15) is 0 Å². The first-order chi connectivity index (χ1) is 7.99. The van der Waals surface area contributed by atoms with Gasteiger partial charge in [-0.3, -0.25) is 0 Å². The van der Waals surface area contributed by atoms with Gasteiger partial charge in [-0.25, -0.2) is 0 Å². The Morgan fingerprint density at radius 3 is 2.76 bits per heavy atom. The molecule has 0 unspecified atom stereocenters. The Hall–Kier alpha value is -1.09. The molecule has 0 bridgehead atoms. The molecule has 0 radical (unpaired) electrons. The summed E-state index contributed by atoms with van der Waals surface area (Å²) in [6.07, 6.45) is 3.64. The van der Waals surface area contributed by atoms with Gasteiger partial charge in [0.15, 0.2) is 0 Å². The molecule has 0 aromatic heterocycles. The van der Waals surface area contributed by atoms with Crippen molar-refractivity contribution >= 4 is 17.2 Å². The summed E-state index contributed by atoms with van der Waals surface area (Å²) in [5.74, 6) is 0.926. The first-order valence-electron chi connectivity index (χ1n) is 6.03. The largest absolute Gasteiger partial charge is 0.493 e. The quantitative estimate of drug-likeness (QED) is 0.833. The zero-order valence-corrected chi connectivity index (χ0v) is 11.3. The molecule has 3 heteroatoms. The van der Waals surface area contributed by atoms with Crippen molar-refractivity contribution in [1.29, 1.82) is 0 Å². The molecule has 1 aliphatic carbocycles. The van der Waals surface area contributed by atoms with Crippen molar-refractivity contribution in [2.45, 2.75) is 33.1 Å². The number of hydrogen-bond acceptors (Lipinski definition) is 2. The van der Waals surface area contributed by atoms with Crippen molar-refractivity contribution in [2.75, 3.05) is 6.61 Å². The van der Waals surface area contributed by atoms with Gasteiger partial charge in [-0.1, -0.05) is 32.1 Å². The molecule has 0 saturated carbocycles. The topological polar surface area (TPSA) is 35.2 Å². The fraction of sp³-hybridized carbons (Fsp3) is 0.500. The van der Waals surface area contributed by atoms with Gasteiger partial charge in [-0.15, -0.1) is 0 Å². The van der Waals surface area contributed by atoms with Gasteiger partial charge >= 0.3 is 0 Å². The molecule has 17 heavy (non-hydrogen) atoms. The van der Waals surface area contributed by atoms with Crippen LogP contribution < -0.4 is 10.5 Å². The van der Waals surface area contributed by atoms with E-state index in [9.17, 15) is 0 Å². The summed E-state index contributed by atoms with van der Waals surface area (Å²) in [5.41, 5.74) is 8.31. The van der Waals surface area contributed by atoms with E-state index in [1.165, 1.54) is 30.4 Å². The summed E-state index contributed by atoms with van der Waals surface area (Å²) in [4.78, 5) is 0.499. The third-order valence-electron chi connectivity index (χ3n) is 3.34.